The standard InChI is InChI=1S/C18H23ClF3N3OSi/c1-17(2,3)27(4,5)26-11-12-6-8-13(9-7-12)24-16-23-10-14(15(19)25-16)18(20,21)22/h6-10H,11H2,1-5H3,(H,23,24,25). The van der Waals surface area contributed by atoms with Gasteiger partial charge in [0.25, 0.3) is 0 Å². The van der Waals surface area contributed by atoms with Crippen LogP contribution in [0.15, 0.2) is 30.5 Å². The van der Waals surface area contributed by atoms with Crippen LogP contribution >= 0.6 is 11.6 Å². The summed E-state index contributed by atoms with van der Waals surface area (Å²) in [7, 11) is -1.83. The number of alkyl halides is 3. The lowest BCUT2D eigenvalue weighted by molar-refractivity contribution is -0.137. The molecule has 1 aromatic heterocycles. The average Bonchev–Trinajstić information content (AvgIpc) is 2.52. The zero-order valence-corrected chi connectivity index (χ0v) is 17.7. The van der Waals surface area contributed by atoms with Crippen LogP contribution < -0.4 is 5.32 Å². The molecule has 148 valence electrons. The molecular weight excluding hydrogens is 395 g/mol. The van der Waals surface area contributed by atoms with Gasteiger partial charge in [-0.05, 0) is 35.8 Å². The van der Waals surface area contributed by atoms with E-state index in [1.165, 1.54) is 0 Å². The Hall–Kier alpha value is -1.64. The number of hydrogen-bond donors (Lipinski definition) is 1. The number of nitrogens with one attached hydrogen (secondary N) is 1. The van der Waals surface area contributed by atoms with Gasteiger partial charge in [-0.3, -0.25) is 0 Å². The zero-order valence-electron chi connectivity index (χ0n) is 15.9. The molecule has 1 N–H and O–H groups in total. The maximum Gasteiger partial charge on any atom is 0.420 e. The smallest absolute Gasteiger partial charge is 0.413 e. The van der Waals surface area contributed by atoms with Crippen LogP contribution in [0.2, 0.25) is 23.3 Å². The minimum absolute atomic E-state index is 0.00160. The van der Waals surface area contributed by atoms with E-state index in [1.54, 1.807) is 12.1 Å². The van der Waals surface area contributed by atoms with Crippen molar-refractivity contribution >= 4 is 31.6 Å². The predicted molar refractivity (Wildman–Crippen MR) is 104 cm³/mol. The van der Waals surface area contributed by atoms with Gasteiger partial charge < -0.3 is 9.74 Å². The number of benzene rings is 1. The summed E-state index contributed by atoms with van der Waals surface area (Å²) >= 11 is 5.60. The van der Waals surface area contributed by atoms with Crippen LogP contribution in [-0.4, -0.2) is 18.3 Å². The first-order valence-electron chi connectivity index (χ1n) is 8.39. The van der Waals surface area contributed by atoms with Gasteiger partial charge in [0, 0.05) is 11.9 Å². The van der Waals surface area contributed by atoms with E-state index in [-0.39, 0.29) is 11.0 Å². The molecular formula is C18H23ClF3N3OSi. The molecule has 1 heterocycles. The Morgan fingerprint density at radius 3 is 2.19 bits per heavy atom. The molecule has 0 aliphatic carbocycles. The van der Waals surface area contributed by atoms with Gasteiger partial charge in [0.2, 0.25) is 5.95 Å². The van der Waals surface area contributed by atoms with Crippen molar-refractivity contribution in [1.29, 1.82) is 0 Å². The fraction of sp³-hybridized carbons (Fsp3) is 0.444. The first-order chi connectivity index (χ1) is 12.3. The van der Waals surface area contributed by atoms with Gasteiger partial charge in [-0.1, -0.05) is 44.5 Å². The Balaban J connectivity index is 2.03. The van der Waals surface area contributed by atoms with Crippen molar-refractivity contribution in [3.63, 3.8) is 0 Å². The van der Waals surface area contributed by atoms with E-state index in [0.29, 0.717) is 18.5 Å². The van der Waals surface area contributed by atoms with Crippen molar-refractivity contribution in [2.75, 3.05) is 5.32 Å². The van der Waals surface area contributed by atoms with Crippen LogP contribution in [-0.2, 0) is 17.2 Å². The molecule has 0 saturated heterocycles. The first-order valence-corrected chi connectivity index (χ1v) is 11.7. The second-order valence-corrected chi connectivity index (χ2v) is 12.9. The van der Waals surface area contributed by atoms with Gasteiger partial charge >= 0.3 is 6.18 Å². The number of nitrogens with zero attached hydrogens (tertiary/aromatic N) is 2. The Morgan fingerprint density at radius 1 is 1.11 bits per heavy atom. The summed E-state index contributed by atoms with van der Waals surface area (Å²) < 4.78 is 44.2. The van der Waals surface area contributed by atoms with Crippen LogP contribution in [0, 0.1) is 0 Å². The molecule has 0 aliphatic rings. The minimum Gasteiger partial charge on any atom is -0.413 e. The Bertz CT molecular complexity index is 790. The SMILES string of the molecule is CC(C)(C)[Si](C)(C)OCc1ccc(Nc2ncc(C(F)(F)F)c(Cl)n2)cc1. The zero-order chi connectivity index (χ0) is 20.5. The van der Waals surface area contributed by atoms with Crippen molar-refractivity contribution < 1.29 is 17.6 Å². The number of hydrogen-bond acceptors (Lipinski definition) is 4. The van der Waals surface area contributed by atoms with Crippen LogP contribution in [0.4, 0.5) is 24.8 Å². The third-order valence-corrected chi connectivity index (χ3v) is 9.43. The summed E-state index contributed by atoms with van der Waals surface area (Å²) in [5.41, 5.74) is 0.589. The highest BCUT2D eigenvalue weighted by Crippen LogP contribution is 2.37. The summed E-state index contributed by atoms with van der Waals surface area (Å²) in [6.07, 6.45) is -3.92. The summed E-state index contributed by atoms with van der Waals surface area (Å²) in [6.45, 7) is 11.4. The highest BCUT2D eigenvalue weighted by atomic mass is 35.5. The molecule has 4 nitrogen and oxygen atoms in total. The first kappa shape index (κ1) is 21.7. The van der Waals surface area contributed by atoms with Gasteiger partial charge in [-0.2, -0.15) is 13.2 Å². The summed E-state index contributed by atoms with van der Waals surface area (Å²) in [6, 6.07) is 7.36. The second kappa shape index (κ2) is 7.77. The number of anilines is 2. The van der Waals surface area contributed by atoms with Crippen LogP contribution in [0.1, 0.15) is 31.9 Å². The normalized spacial score (nSPS) is 12.9. The Kier molecular flexibility index (Phi) is 6.23. The van der Waals surface area contributed by atoms with Crippen molar-refractivity contribution in [2.24, 2.45) is 0 Å². The van der Waals surface area contributed by atoms with Gasteiger partial charge in [0.1, 0.15) is 10.7 Å². The van der Waals surface area contributed by atoms with Crippen molar-refractivity contribution in [3.8, 4) is 0 Å². The van der Waals surface area contributed by atoms with Gasteiger partial charge in [0.05, 0.1) is 6.61 Å². The van der Waals surface area contributed by atoms with E-state index < -0.39 is 25.2 Å². The highest BCUT2D eigenvalue weighted by molar-refractivity contribution is 6.74. The summed E-state index contributed by atoms with van der Waals surface area (Å²) in [4.78, 5) is 7.33. The Morgan fingerprint density at radius 2 is 1.70 bits per heavy atom. The van der Waals surface area contributed by atoms with E-state index in [9.17, 15) is 13.2 Å². The average molecular weight is 418 g/mol. The lowest BCUT2D eigenvalue weighted by Crippen LogP contribution is -2.40. The Labute approximate surface area is 163 Å². The fourth-order valence-corrected chi connectivity index (χ4v) is 3.10. The minimum atomic E-state index is -4.58. The summed E-state index contributed by atoms with van der Waals surface area (Å²) in [5, 5.41) is 2.33. The van der Waals surface area contributed by atoms with Crippen LogP contribution in [0.5, 0.6) is 0 Å². The summed E-state index contributed by atoms with van der Waals surface area (Å²) in [5.74, 6) is -0.00160. The van der Waals surface area contributed by atoms with Gasteiger partial charge in [-0.25, -0.2) is 9.97 Å². The van der Waals surface area contributed by atoms with Crippen LogP contribution in [0.25, 0.3) is 0 Å². The third-order valence-electron chi connectivity index (χ3n) is 4.66. The van der Waals surface area contributed by atoms with Crippen molar-refractivity contribution in [3.05, 3.63) is 46.7 Å². The van der Waals surface area contributed by atoms with E-state index in [4.69, 9.17) is 16.0 Å². The monoisotopic (exact) mass is 417 g/mol. The topological polar surface area (TPSA) is 47.0 Å². The van der Waals surface area contributed by atoms with E-state index in [0.717, 1.165) is 5.56 Å². The van der Waals surface area contributed by atoms with Gasteiger partial charge in [-0.15, -0.1) is 0 Å². The molecule has 1 aromatic carbocycles. The lowest BCUT2D eigenvalue weighted by atomic mass is 10.2. The number of aromatic nitrogens is 2. The van der Waals surface area contributed by atoms with E-state index in [2.05, 4.69) is 49.1 Å². The van der Waals surface area contributed by atoms with E-state index >= 15 is 0 Å². The lowest BCUT2D eigenvalue weighted by Gasteiger charge is -2.36. The predicted octanol–water partition coefficient (Wildman–Crippen LogP) is 6.41. The molecule has 9 heteroatoms. The number of halogens is 4. The molecule has 2 rings (SSSR count). The highest BCUT2D eigenvalue weighted by Gasteiger charge is 2.37. The molecule has 0 unspecified atom stereocenters. The third kappa shape index (κ3) is 5.67. The molecule has 27 heavy (non-hydrogen) atoms. The van der Waals surface area contributed by atoms with Crippen molar-refractivity contribution in [1.82, 2.24) is 9.97 Å². The molecule has 0 atom stereocenters. The molecule has 0 fully saturated rings. The van der Waals surface area contributed by atoms with E-state index in [1.807, 2.05) is 12.1 Å². The number of rotatable bonds is 5. The largest absolute Gasteiger partial charge is 0.420 e. The van der Waals surface area contributed by atoms with Gasteiger partial charge in [0.15, 0.2) is 8.32 Å². The molecule has 0 bridgehead atoms. The molecule has 0 amide bonds. The van der Waals surface area contributed by atoms with Crippen molar-refractivity contribution in [2.45, 2.75) is 51.7 Å². The second-order valence-electron chi connectivity index (χ2n) is 7.77. The molecule has 0 radical (unpaired) electrons. The molecule has 0 aliphatic heterocycles. The quantitative estimate of drug-likeness (QED) is 0.450. The molecule has 0 spiro atoms. The van der Waals surface area contributed by atoms with Crippen LogP contribution in [0.3, 0.4) is 0 Å². The maximum atomic E-state index is 12.7. The molecule has 2 aromatic rings. The maximum absolute atomic E-state index is 12.7. The molecule has 0 saturated carbocycles. The fourth-order valence-electron chi connectivity index (χ4n) is 1.91.